The molecule has 1 heterocycles. The molecule has 1 aromatic carbocycles. The van der Waals surface area contributed by atoms with E-state index in [1.165, 1.54) is 12.0 Å². The zero-order valence-corrected chi connectivity index (χ0v) is 18.8. The molecule has 0 aliphatic rings. The van der Waals surface area contributed by atoms with E-state index in [1.807, 2.05) is 19.9 Å². The maximum Gasteiger partial charge on any atom is 0.191 e. The van der Waals surface area contributed by atoms with Crippen molar-refractivity contribution in [1.29, 1.82) is 0 Å². The lowest BCUT2D eigenvalue weighted by atomic mass is 10.2. The number of nitrogens with zero attached hydrogens (tertiary/aromatic N) is 2. The van der Waals surface area contributed by atoms with Crippen LogP contribution in [0.4, 0.5) is 0 Å². The quantitative estimate of drug-likeness (QED) is 0.315. The molecule has 0 radical (unpaired) electrons. The molecule has 0 spiro atoms. The van der Waals surface area contributed by atoms with Crippen molar-refractivity contribution in [1.82, 2.24) is 15.6 Å². The monoisotopic (exact) mass is 490 g/mol. The van der Waals surface area contributed by atoms with Crippen LogP contribution >= 0.6 is 35.3 Å². The van der Waals surface area contributed by atoms with Gasteiger partial charge in [-0.15, -0.1) is 35.3 Å². The summed E-state index contributed by atoms with van der Waals surface area (Å²) < 4.78 is 5.05. The van der Waals surface area contributed by atoms with E-state index in [0.29, 0.717) is 12.3 Å². The Labute approximate surface area is 176 Å². The molecule has 0 saturated carbocycles. The third-order valence-corrected chi connectivity index (χ3v) is 4.84. The number of halogens is 1. The number of hydrogen-bond acceptors (Lipinski definition) is 5. The number of phenolic OH excluding ortho intramolecular Hbond substituents is 1. The van der Waals surface area contributed by atoms with Gasteiger partial charge in [0.1, 0.15) is 0 Å². The van der Waals surface area contributed by atoms with E-state index in [2.05, 4.69) is 27.5 Å². The predicted molar refractivity (Wildman–Crippen MR) is 118 cm³/mol. The van der Waals surface area contributed by atoms with Gasteiger partial charge in [-0.25, -0.2) is 9.98 Å². The summed E-state index contributed by atoms with van der Waals surface area (Å²) in [6.07, 6.45) is 0.868. The summed E-state index contributed by atoms with van der Waals surface area (Å²) in [5.74, 6) is 1.34. The molecule has 3 N–H and O–H groups in total. The number of aromatic hydroxyl groups is 1. The first-order valence-corrected chi connectivity index (χ1v) is 9.16. The van der Waals surface area contributed by atoms with Crippen LogP contribution in [-0.4, -0.2) is 36.2 Å². The van der Waals surface area contributed by atoms with Gasteiger partial charge in [-0.2, -0.15) is 0 Å². The summed E-state index contributed by atoms with van der Waals surface area (Å²) in [5.41, 5.74) is 2.03. The molecule has 0 amide bonds. The van der Waals surface area contributed by atoms with Gasteiger partial charge in [0.15, 0.2) is 17.5 Å². The number of ether oxygens (including phenoxy) is 1. The third kappa shape index (κ3) is 6.64. The fourth-order valence-corrected chi connectivity index (χ4v) is 3.21. The van der Waals surface area contributed by atoms with Crippen LogP contribution < -0.4 is 15.4 Å². The van der Waals surface area contributed by atoms with Gasteiger partial charge in [-0.3, -0.25) is 0 Å². The molecule has 0 aliphatic carbocycles. The fraction of sp³-hybridized carbons (Fsp3) is 0.444. The van der Waals surface area contributed by atoms with E-state index < -0.39 is 0 Å². The van der Waals surface area contributed by atoms with Crippen molar-refractivity contribution in [3.8, 4) is 11.5 Å². The van der Waals surface area contributed by atoms with E-state index in [-0.39, 0.29) is 29.7 Å². The summed E-state index contributed by atoms with van der Waals surface area (Å²) in [4.78, 5) is 10.4. The van der Waals surface area contributed by atoms with Crippen molar-refractivity contribution in [2.24, 2.45) is 4.99 Å². The van der Waals surface area contributed by atoms with Crippen LogP contribution in [0.1, 0.15) is 28.1 Å². The molecular formula is C18H27IN4O2S. The first kappa shape index (κ1) is 22.5. The van der Waals surface area contributed by atoms with Crippen LogP contribution in [0.25, 0.3) is 0 Å². The Hall–Kier alpha value is -1.55. The Morgan fingerprint density at radius 1 is 1.31 bits per heavy atom. The van der Waals surface area contributed by atoms with Crippen LogP contribution in [0, 0.1) is 13.8 Å². The topological polar surface area (TPSA) is 78.8 Å². The predicted octanol–water partition coefficient (Wildman–Crippen LogP) is 3.39. The molecule has 6 nitrogen and oxygen atoms in total. The molecule has 26 heavy (non-hydrogen) atoms. The number of hydrogen-bond donors (Lipinski definition) is 3. The number of thiazole rings is 1. The molecule has 0 saturated heterocycles. The SMILES string of the molecule is CCNC(=NCc1ccc(OC)c(O)c1)NCCc1nc(C)c(C)s1.I. The molecule has 8 heteroatoms. The number of benzene rings is 1. The van der Waals surface area contributed by atoms with E-state index in [0.717, 1.165) is 41.7 Å². The van der Waals surface area contributed by atoms with E-state index >= 15 is 0 Å². The highest BCUT2D eigenvalue weighted by Crippen LogP contribution is 2.26. The van der Waals surface area contributed by atoms with Gasteiger partial charge in [0.2, 0.25) is 0 Å². The van der Waals surface area contributed by atoms with Gasteiger partial charge in [0.25, 0.3) is 0 Å². The van der Waals surface area contributed by atoms with Crippen molar-refractivity contribution in [3.05, 3.63) is 39.3 Å². The number of methoxy groups -OCH3 is 1. The summed E-state index contributed by atoms with van der Waals surface area (Å²) in [5, 5.41) is 17.5. The average Bonchev–Trinajstić information content (AvgIpc) is 2.90. The molecule has 144 valence electrons. The van der Waals surface area contributed by atoms with E-state index in [1.54, 1.807) is 23.5 Å². The molecule has 1 aromatic heterocycles. The number of aliphatic imine (C=N–C) groups is 1. The summed E-state index contributed by atoms with van der Waals surface area (Å²) in [7, 11) is 1.53. The lowest BCUT2D eigenvalue weighted by Gasteiger charge is -2.11. The summed E-state index contributed by atoms with van der Waals surface area (Å²) in [6.45, 7) is 8.20. The Bertz CT molecular complexity index is 714. The third-order valence-electron chi connectivity index (χ3n) is 3.71. The Morgan fingerprint density at radius 3 is 2.65 bits per heavy atom. The normalized spacial score (nSPS) is 11.0. The van der Waals surface area contributed by atoms with Crippen LogP contribution in [0.2, 0.25) is 0 Å². The smallest absolute Gasteiger partial charge is 0.191 e. The number of aryl methyl sites for hydroxylation is 2. The van der Waals surface area contributed by atoms with Gasteiger partial charge in [0, 0.05) is 24.4 Å². The number of guanidine groups is 1. The van der Waals surface area contributed by atoms with E-state index in [4.69, 9.17) is 4.74 Å². The van der Waals surface area contributed by atoms with Crippen LogP contribution in [0.15, 0.2) is 23.2 Å². The zero-order chi connectivity index (χ0) is 18.2. The fourth-order valence-electron chi connectivity index (χ4n) is 2.28. The molecule has 0 atom stereocenters. The van der Waals surface area contributed by atoms with Gasteiger partial charge < -0.3 is 20.5 Å². The first-order chi connectivity index (χ1) is 12.0. The van der Waals surface area contributed by atoms with Crippen molar-refractivity contribution < 1.29 is 9.84 Å². The highest BCUT2D eigenvalue weighted by Gasteiger charge is 2.05. The Balaban J connectivity index is 0.00000338. The maximum absolute atomic E-state index is 9.84. The second kappa shape index (κ2) is 11.2. The van der Waals surface area contributed by atoms with Crippen molar-refractivity contribution in [2.45, 2.75) is 33.7 Å². The zero-order valence-electron chi connectivity index (χ0n) is 15.6. The van der Waals surface area contributed by atoms with Gasteiger partial charge in [-0.05, 0) is 38.5 Å². The van der Waals surface area contributed by atoms with Crippen LogP contribution in [-0.2, 0) is 13.0 Å². The molecule has 0 bridgehead atoms. The van der Waals surface area contributed by atoms with Gasteiger partial charge in [-0.1, -0.05) is 6.07 Å². The lowest BCUT2D eigenvalue weighted by molar-refractivity contribution is 0.373. The Morgan fingerprint density at radius 2 is 2.08 bits per heavy atom. The van der Waals surface area contributed by atoms with Crippen molar-refractivity contribution in [3.63, 3.8) is 0 Å². The molecule has 2 aromatic rings. The number of rotatable bonds is 7. The molecule has 2 rings (SSSR count). The van der Waals surface area contributed by atoms with E-state index in [9.17, 15) is 5.11 Å². The Kier molecular flexibility index (Phi) is 9.71. The second-order valence-corrected chi connectivity index (χ2v) is 6.92. The number of phenols is 1. The van der Waals surface area contributed by atoms with Crippen molar-refractivity contribution >= 4 is 41.3 Å². The van der Waals surface area contributed by atoms with Crippen molar-refractivity contribution in [2.75, 3.05) is 20.2 Å². The second-order valence-electron chi connectivity index (χ2n) is 5.63. The van der Waals surface area contributed by atoms with Gasteiger partial charge in [0.05, 0.1) is 24.4 Å². The maximum atomic E-state index is 9.84. The molecule has 0 fully saturated rings. The molecule has 0 unspecified atom stereocenters. The minimum Gasteiger partial charge on any atom is -0.504 e. The minimum atomic E-state index is 0. The standard InChI is InChI=1S/C18H26N4O2S.HI/c1-5-19-18(20-9-8-17-22-12(2)13(3)25-17)21-11-14-6-7-16(24-4)15(23)10-14;/h6-7,10,23H,5,8-9,11H2,1-4H3,(H2,19,20,21);1H. The van der Waals surface area contributed by atoms with Gasteiger partial charge >= 0.3 is 0 Å². The van der Waals surface area contributed by atoms with Crippen LogP contribution in [0.3, 0.4) is 0 Å². The lowest BCUT2D eigenvalue weighted by Crippen LogP contribution is -2.38. The average molecular weight is 490 g/mol. The highest BCUT2D eigenvalue weighted by atomic mass is 127. The molecule has 0 aliphatic heterocycles. The summed E-state index contributed by atoms with van der Waals surface area (Å²) in [6, 6.07) is 5.31. The van der Waals surface area contributed by atoms with Crippen LogP contribution in [0.5, 0.6) is 11.5 Å². The first-order valence-electron chi connectivity index (χ1n) is 8.34. The largest absolute Gasteiger partial charge is 0.504 e. The highest BCUT2D eigenvalue weighted by molar-refractivity contribution is 14.0. The molecular weight excluding hydrogens is 463 g/mol. The number of aromatic nitrogens is 1. The minimum absolute atomic E-state index is 0. The summed E-state index contributed by atoms with van der Waals surface area (Å²) >= 11 is 1.74. The number of nitrogens with one attached hydrogen (secondary N) is 2.